The zero-order valence-corrected chi connectivity index (χ0v) is 10.3. The molecule has 0 unspecified atom stereocenters. The van der Waals surface area contributed by atoms with Gasteiger partial charge in [0.05, 0.1) is 12.1 Å². The molecule has 4 heteroatoms. The molecule has 1 aromatic rings. The van der Waals surface area contributed by atoms with Crippen LogP contribution in [0.5, 0.6) is 11.5 Å². The highest BCUT2D eigenvalue weighted by atomic mass is 16.3. The second-order valence-electron chi connectivity index (χ2n) is 4.78. The zero-order valence-electron chi connectivity index (χ0n) is 10.3. The molecule has 0 radical (unpaired) electrons. The molecule has 1 aromatic carbocycles. The van der Waals surface area contributed by atoms with E-state index in [1.165, 1.54) is 6.07 Å². The van der Waals surface area contributed by atoms with Crippen LogP contribution in [0.25, 0.3) is 0 Å². The number of hydrogen-bond donors (Lipinski definition) is 4. The first kappa shape index (κ1) is 13.8. The van der Waals surface area contributed by atoms with E-state index in [0.29, 0.717) is 17.9 Å². The van der Waals surface area contributed by atoms with E-state index in [0.717, 1.165) is 6.42 Å². The number of benzene rings is 1. The number of nitrogens with two attached hydrogens (primary N) is 1. The molecule has 0 aromatic heterocycles. The van der Waals surface area contributed by atoms with Gasteiger partial charge in [-0.15, -0.1) is 0 Å². The van der Waals surface area contributed by atoms with Crippen molar-refractivity contribution in [2.45, 2.75) is 38.8 Å². The van der Waals surface area contributed by atoms with Crippen molar-refractivity contribution < 1.29 is 15.3 Å². The van der Waals surface area contributed by atoms with Crippen LogP contribution in [-0.2, 0) is 0 Å². The number of hydrogen-bond acceptors (Lipinski definition) is 4. The van der Waals surface area contributed by atoms with Crippen LogP contribution in [0.3, 0.4) is 0 Å². The van der Waals surface area contributed by atoms with E-state index < -0.39 is 12.1 Å². The van der Waals surface area contributed by atoms with Gasteiger partial charge in [-0.2, -0.15) is 0 Å². The summed E-state index contributed by atoms with van der Waals surface area (Å²) in [5.41, 5.74) is 6.25. The molecule has 0 bridgehead atoms. The topological polar surface area (TPSA) is 86.7 Å². The fourth-order valence-electron chi connectivity index (χ4n) is 1.71. The van der Waals surface area contributed by atoms with Gasteiger partial charge >= 0.3 is 0 Å². The molecule has 0 saturated heterocycles. The first-order chi connectivity index (χ1) is 7.93. The van der Waals surface area contributed by atoms with Gasteiger partial charge < -0.3 is 21.1 Å². The Bertz CT molecular complexity index is 366. The lowest BCUT2D eigenvalue weighted by Gasteiger charge is -2.21. The predicted molar refractivity (Wildman–Crippen MR) is 66.8 cm³/mol. The van der Waals surface area contributed by atoms with Crippen LogP contribution in [0.15, 0.2) is 18.2 Å². The van der Waals surface area contributed by atoms with Crippen LogP contribution < -0.4 is 5.73 Å². The van der Waals surface area contributed by atoms with Gasteiger partial charge in [0.2, 0.25) is 0 Å². The van der Waals surface area contributed by atoms with Crippen molar-refractivity contribution in [1.82, 2.24) is 0 Å². The quantitative estimate of drug-likeness (QED) is 0.591. The third-order valence-electron chi connectivity index (χ3n) is 2.86. The number of aliphatic hydroxyl groups excluding tert-OH is 1. The van der Waals surface area contributed by atoms with Crippen molar-refractivity contribution in [1.29, 1.82) is 0 Å². The molecule has 0 amide bonds. The van der Waals surface area contributed by atoms with Crippen LogP contribution in [-0.4, -0.2) is 21.4 Å². The summed E-state index contributed by atoms with van der Waals surface area (Å²) in [5.74, 6) is 0.0345. The minimum atomic E-state index is -0.718. The maximum Gasteiger partial charge on any atom is 0.162 e. The van der Waals surface area contributed by atoms with Gasteiger partial charge in [0.15, 0.2) is 11.5 Å². The summed E-state index contributed by atoms with van der Waals surface area (Å²) < 4.78 is 0. The molecule has 1 rings (SSSR count). The zero-order chi connectivity index (χ0) is 13.0. The van der Waals surface area contributed by atoms with Crippen molar-refractivity contribution in [3.05, 3.63) is 23.8 Å². The molecule has 0 aliphatic rings. The highest BCUT2D eigenvalue weighted by molar-refractivity contribution is 5.46. The largest absolute Gasteiger partial charge is 0.504 e. The lowest BCUT2D eigenvalue weighted by molar-refractivity contribution is 0.127. The van der Waals surface area contributed by atoms with Crippen molar-refractivity contribution >= 4 is 0 Å². The molecule has 96 valence electrons. The highest BCUT2D eigenvalue weighted by Crippen LogP contribution is 2.33. The monoisotopic (exact) mass is 239 g/mol. The van der Waals surface area contributed by atoms with Gasteiger partial charge in [0, 0.05) is 5.56 Å². The van der Waals surface area contributed by atoms with Gasteiger partial charge in [-0.25, -0.2) is 0 Å². The molecule has 5 N–H and O–H groups in total. The Morgan fingerprint density at radius 3 is 2.41 bits per heavy atom. The minimum Gasteiger partial charge on any atom is -0.504 e. The van der Waals surface area contributed by atoms with E-state index in [4.69, 9.17) is 5.73 Å². The Morgan fingerprint density at radius 1 is 1.18 bits per heavy atom. The molecule has 0 fully saturated rings. The van der Waals surface area contributed by atoms with Crippen molar-refractivity contribution in [2.75, 3.05) is 0 Å². The van der Waals surface area contributed by atoms with E-state index in [-0.39, 0.29) is 11.5 Å². The minimum absolute atomic E-state index is 0.214. The normalized spacial score (nSPS) is 14.9. The third kappa shape index (κ3) is 3.61. The van der Waals surface area contributed by atoms with E-state index >= 15 is 0 Å². The second kappa shape index (κ2) is 5.89. The molecule has 0 spiro atoms. The summed E-state index contributed by atoms with van der Waals surface area (Å²) in [7, 11) is 0. The van der Waals surface area contributed by atoms with Crippen LogP contribution >= 0.6 is 0 Å². The number of phenols is 2. The molecule has 4 nitrogen and oxygen atoms in total. The maximum atomic E-state index is 9.92. The van der Waals surface area contributed by atoms with Crippen LogP contribution in [0, 0.1) is 5.92 Å². The highest BCUT2D eigenvalue weighted by Gasteiger charge is 2.21. The summed E-state index contributed by atoms with van der Waals surface area (Å²) in [6.45, 7) is 4.15. The van der Waals surface area contributed by atoms with Crippen LogP contribution in [0.2, 0.25) is 0 Å². The van der Waals surface area contributed by atoms with E-state index in [2.05, 4.69) is 13.8 Å². The summed E-state index contributed by atoms with van der Waals surface area (Å²) in [6.07, 6.45) is 0.729. The van der Waals surface area contributed by atoms with Gasteiger partial charge in [0.1, 0.15) is 0 Å². The molecule has 0 aliphatic carbocycles. The van der Waals surface area contributed by atoms with Gasteiger partial charge in [-0.1, -0.05) is 26.0 Å². The summed E-state index contributed by atoms with van der Waals surface area (Å²) in [6, 6.07) is 3.91. The Morgan fingerprint density at radius 2 is 1.82 bits per heavy atom. The SMILES string of the molecule is CC(C)CC[C@@H](O)[C@@H](N)c1cccc(O)c1O. The lowest BCUT2D eigenvalue weighted by Crippen LogP contribution is -2.26. The fourth-order valence-corrected chi connectivity index (χ4v) is 1.71. The Labute approximate surface area is 102 Å². The number of phenolic OH excluding ortho intramolecular Hbond substituents is 2. The molecular formula is C13H21NO3. The number of para-hydroxylation sites is 1. The first-order valence-corrected chi connectivity index (χ1v) is 5.88. The fraction of sp³-hybridized carbons (Fsp3) is 0.538. The Balaban J connectivity index is 2.74. The van der Waals surface area contributed by atoms with Gasteiger partial charge in [-0.3, -0.25) is 0 Å². The number of aliphatic hydroxyl groups is 1. The van der Waals surface area contributed by atoms with Gasteiger partial charge in [0.25, 0.3) is 0 Å². The average molecular weight is 239 g/mol. The maximum absolute atomic E-state index is 9.92. The number of aromatic hydroxyl groups is 2. The van der Waals surface area contributed by atoms with Crippen LogP contribution in [0.1, 0.15) is 38.3 Å². The Hall–Kier alpha value is -1.26. The van der Waals surface area contributed by atoms with Crippen LogP contribution in [0.4, 0.5) is 0 Å². The lowest BCUT2D eigenvalue weighted by atomic mass is 9.95. The molecule has 0 heterocycles. The van der Waals surface area contributed by atoms with Crippen molar-refractivity contribution in [2.24, 2.45) is 11.7 Å². The molecular weight excluding hydrogens is 218 g/mol. The molecule has 2 atom stereocenters. The number of rotatable bonds is 5. The molecule has 17 heavy (non-hydrogen) atoms. The summed E-state index contributed by atoms with van der Waals surface area (Å²) in [5, 5.41) is 28.9. The molecule has 0 aliphatic heterocycles. The smallest absolute Gasteiger partial charge is 0.162 e. The van der Waals surface area contributed by atoms with Crippen molar-refractivity contribution in [3.63, 3.8) is 0 Å². The summed E-state index contributed by atoms with van der Waals surface area (Å²) in [4.78, 5) is 0. The predicted octanol–water partition coefficient (Wildman–Crippen LogP) is 1.89. The average Bonchev–Trinajstić information content (AvgIpc) is 2.28. The van der Waals surface area contributed by atoms with Crippen molar-refractivity contribution in [3.8, 4) is 11.5 Å². The molecule has 0 saturated carbocycles. The van der Waals surface area contributed by atoms with E-state index in [1.54, 1.807) is 12.1 Å². The second-order valence-corrected chi connectivity index (χ2v) is 4.78. The van der Waals surface area contributed by atoms with E-state index in [1.807, 2.05) is 0 Å². The van der Waals surface area contributed by atoms with E-state index in [9.17, 15) is 15.3 Å². The Kier molecular flexibility index (Phi) is 4.78. The van der Waals surface area contributed by atoms with Gasteiger partial charge in [-0.05, 0) is 24.8 Å². The summed E-state index contributed by atoms with van der Waals surface area (Å²) >= 11 is 0. The standard InChI is InChI=1S/C13H21NO3/c1-8(2)6-7-10(15)12(14)9-4-3-5-11(16)13(9)17/h3-5,8,10,12,15-17H,6-7,14H2,1-2H3/t10-,12+/m1/s1. The third-order valence-corrected chi connectivity index (χ3v) is 2.86. The first-order valence-electron chi connectivity index (χ1n) is 5.88.